The second-order valence-electron chi connectivity index (χ2n) is 5.64. The number of piperazine rings is 1. The summed E-state index contributed by atoms with van der Waals surface area (Å²) in [5.41, 5.74) is 4.14. The van der Waals surface area contributed by atoms with E-state index in [1.165, 1.54) is 21.3 Å². The van der Waals surface area contributed by atoms with Gasteiger partial charge in [-0.3, -0.25) is 4.90 Å². The van der Waals surface area contributed by atoms with Crippen LogP contribution in [0.4, 0.5) is 5.69 Å². The summed E-state index contributed by atoms with van der Waals surface area (Å²) in [5.74, 6) is 0. The molecule has 0 N–H and O–H groups in total. The fraction of sp³-hybridized carbons (Fsp3) is 0.333. The molecule has 0 amide bonds. The van der Waals surface area contributed by atoms with Crippen LogP contribution in [0.25, 0.3) is 0 Å². The molecule has 1 aliphatic heterocycles. The molecule has 3 heteroatoms. The Morgan fingerprint density at radius 1 is 0.905 bits per heavy atom. The first-order chi connectivity index (χ1) is 10.2. The molecule has 1 aliphatic rings. The van der Waals surface area contributed by atoms with Gasteiger partial charge in [0.25, 0.3) is 0 Å². The van der Waals surface area contributed by atoms with E-state index in [4.69, 9.17) is 0 Å². The van der Waals surface area contributed by atoms with E-state index in [0.717, 1.165) is 32.7 Å². The Kier molecular flexibility index (Phi) is 4.61. The molecule has 21 heavy (non-hydrogen) atoms. The van der Waals surface area contributed by atoms with E-state index in [2.05, 4.69) is 81.2 Å². The molecule has 0 saturated carbocycles. The Morgan fingerprint density at radius 2 is 1.57 bits per heavy atom. The molecule has 1 fully saturated rings. The maximum absolute atomic E-state index is 3.64. The zero-order valence-corrected chi connectivity index (χ0v) is 14.0. The molecule has 0 aliphatic carbocycles. The van der Waals surface area contributed by atoms with Crippen molar-refractivity contribution in [3.8, 4) is 0 Å². The highest BCUT2D eigenvalue weighted by Crippen LogP contribution is 2.22. The number of para-hydroxylation sites is 1. The lowest BCUT2D eigenvalue weighted by Gasteiger charge is -2.37. The van der Waals surface area contributed by atoms with Crippen molar-refractivity contribution >= 4 is 21.6 Å². The monoisotopic (exact) mass is 344 g/mol. The number of benzene rings is 2. The van der Waals surface area contributed by atoms with Gasteiger partial charge in [-0.2, -0.15) is 0 Å². The number of nitrogens with zero attached hydrogens (tertiary/aromatic N) is 2. The van der Waals surface area contributed by atoms with Crippen LogP contribution in [0.5, 0.6) is 0 Å². The molecule has 2 aromatic rings. The van der Waals surface area contributed by atoms with Gasteiger partial charge in [0.2, 0.25) is 0 Å². The maximum atomic E-state index is 3.64. The minimum Gasteiger partial charge on any atom is -0.369 e. The molecule has 0 atom stereocenters. The molecule has 110 valence electrons. The summed E-state index contributed by atoms with van der Waals surface area (Å²) in [6.07, 6.45) is 0. The molecular formula is C18H21BrN2. The van der Waals surface area contributed by atoms with Gasteiger partial charge in [-0.15, -0.1) is 0 Å². The van der Waals surface area contributed by atoms with E-state index in [1.807, 2.05) is 0 Å². The molecule has 0 bridgehead atoms. The van der Waals surface area contributed by atoms with Gasteiger partial charge in [0, 0.05) is 42.9 Å². The second kappa shape index (κ2) is 6.63. The fourth-order valence-corrected chi connectivity index (χ4v) is 3.34. The zero-order chi connectivity index (χ0) is 14.7. The first-order valence-electron chi connectivity index (χ1n) is 7.50. The lowest BCUT2D eigenvalue weighted by Crippen LogP contribution is -2.46. The number of hydrogen-bond donors (Lipinski definition) is 0. The minimum absolute atomic E-state index is 1.03. The standard InChI is InChI=1S/C18H21BrN2/c1-15-6-2-5-9-18(15)21-12-10-20(11-13-21)14-16-7-3-4-8-17(16)19/h2-9H,10-14H2,1H3. The Bertz CT molecular complexity index is 604. The third-order valence-electron chi connectivity index (χ3n) is 4.18. The van der Waals surface area contributed by atoms with Gasteiger partial charge in [0.15, 0.2) is 0 Å². The number of hydrogen-bond acceptors (Lipinski definition) is 2. The average molecular weight is 345 g/mol. The fourth-order valence-electron chi connectivity index (χ4n) is 2.93. The van der Waals surface area contributed by atoms with Crippen LogP contribution in [0.2, 0.25) is 0 Å². The summed E-state index contributed by atoms with van der Waals surface area (Å²) in [5, 5.41) is 0. The minimum atomic E-state index is 1.03. The molecule has 0 aromatic heterocycles. The second-order valence-corrected chi connectivity index (χ2v) is 6.50. The normalized spacial score (nSPS) is 16.2. The summed E-state index contributed by atoms with van der Waals surface area (Å²) < 4.78 is 1.21. The van der Waals surface area contributed by atoms with Crippen LogP contribution in [0.1, 0.15) is 11.1 Å². The topological polar surface area (TPSA) is 6.48 Å². The van der Waals surface area contributed by atoms with Crippen molar-refractivity contribution in [3.63, 3.8) is 0 Å². The van der Waals surface area contributed by atoms with E-state index >= 15 is 0 Å². The molecule has 0 unspecified atom stereocenters. The predicted molar refractivity (Wildman–Crippen MR) is 92.8 cm³/mol. The molecule has 3 rings (SSSR count). The highest BCUT2D eigenvalue weighted by Gasteiger charge is 2.18. The number of anilines is 1. The van der Waals surface area contributed by atoms with Crippen molar-refractivity contribution in [1.82, 2.24) is 4.90 Å². The van der Waals surface area contributed by atoms with Gasteiger partial charge in [-0.05, 0) is 30.2 Å². The van der Waals surface area contributed by atoms with Crippen molar-refractivity contribution in [1.29, 1.82) is 0 Å². The summed E-state index contributed by atoms with van der Waals surface area (Å²) in [7, 11) is 0. The van der Waals surface area contributed by atoms with E-state index in [-0.39, 0.29) is 0 Å². The zero-order valence-electron chi connectivity index (χ0n) is 12.4. The van der Waals surface area contributed by atoms with Gasteiger partial charge in [-0.1, -0.05) is 52.3 Å². The highest BCUT2D eigenvalue weighted by molar-refractivity contribution is 9.10. The van der Waals surface area contributed by atoms with Crippen molar-refractivity contribution < 1.29 is 0 Å². The number of aryl methyl sites for hydroxylation is 1. The third-order valence-corrected chi connectivity index (χ3v) is 4.95. The van der Waals surface area contributed by atoms with Crippen LogP contribution >= 0.6 is 15.9 Å². The maximum Gasteiger partial charge on any atom is 0.0396 e. The van der Waals surface area contributed by atoms with Crippen LogP contribution in [0, 0.1) is 6.92 Å². The quantitative estimate of drug-likeness (QED) is 0.827. The molecule has 2 aromatic carbocycles. The smallest absolute Gasteiger partial charge is 0.0396 e. The molecule has 0 radical (unpaired) electrons. The van der Waals surface area contributed by atoms with Gasteiger partial charge in [0.05, 0.1) is 0 Å². The lowest BCUT2D eigenvalue weighted by atomic mass is 10.1. The average Bonchev–Trinajstić information content (AvgIpc) is 2.51. The van der Waals surface area contributed by atoms with Gasteiger partial charge >= 0.3 is 0 Å². The van der Waals surface area contributed by atoms with Crippen molar-refractivity contribution in [2.45, 2.75) is 13.5 Å². The van der Waals surface area contributed by atoms with E-state index in [9.17, 15) is 0 Å². The largest absolute Gasteiger partial charge is 0.369 e. The van der Waals surface area contributed by atoms with E-state index < -0.39 is 0 Å². The van der Waals surface area contributed by atoms with Crippen LogP contribution in [-0.2, 0) is 6.54 Å². The van der Waals surface area contributed by atoms with Crippen LogP contribution in [0.3, 0.4) is 0 Å². The highest BCUT2D eigenvalue weighted by atomic mass is 79.9. The summed E-state index contributed by atoms with van der Waals surface area (Å²) in [6.45, 7) is 7.68. The molecule has 0 spiro atoms. The summed E-state index contributed by atoms with van der Waals surface area (Å²) in [4.78, 5) is 5.04. The van der Waals surface area contributed by atoms with Crippen molar-refractivity contribution in [3.05, 3.63) is 64.1 Å². The lowest BCUT2D eigenvalue weighted by molar-refractivity contribution is 0.249. The third kappa shape index (κ3) is 3.47. The summed E-state index contributed by atoms with van der Waals surface area (Å²) >= 11 is 3.64. The number of halogens is 1. The van der Waals surface area contributed by atoms with E-state index in [0.29, 0.717) is 0 Å². The molecule has 1 heterocycles. The summed E-state index contributed by atoms with van der Waals surface area (Å²) in [6, 6.07) is 17.2. The Labute approximate surface area is 135 Å². The van der Waals surface area contributed by atoms with Gasteiger partial charge < -0.3 is 4.90 Å². The van der Waals surface area contributed by atoms with Crippen LogP contribution in [-0.4, -0.2) is 31.1 Å². The van der Waals surface area contributed by atoms with Crippen LogP contribution < -0.4 is 4.90 Å². The van der Waals surface area contributed by atoms with Crippen molar-refractivity contribution in [2.24, 2.45) is 0 Å². The van der Waals surface area contributed by atoms with E-state index in [1.54, 1.807) is 0 Å². The predicted octanol–water partition coefficient (Wildman–Crippen LogP) is 4.08. The first kappa shape index (κ1) is 14.6. The van der Waals surface area contributed by atoms with Gasteiger partial charge in [-0.25, -0.2) is 0 Å². The van der Waals surface area contributed by atoms with Crippen LogP contribution in [0.15, 0.2) is 53.0 Å². The Morgan fingerprint density at radius 3 is 2.29 bits per heavy atom. The first-order valence-corrected chi connectivity index (χ1v) is 8.29. The van der Waals surface area contributed by atoms with Gasteiger partial charge in [0.1, 0.15) is 0 Å². The molecule has 2 nitrogen and oxygen atoms in total. The van der Waals surface area contributed by atoms with Crippen molar-refractivity contribution in [2.75, 3.05) is 31.1 Å². The Balaban J connectivity index is 1.61. The molecular weight excluding hydrogens is 324 g/mol. The molecule has 1 saturated heterocycles. The Hall–Kier alpha value is -1.32. The number of rotatable bonds is 3. The SMILES string of the molecule is Cc1ccccc1N1CCN(Cc2ccccc2Br)CC1.